The molecule has 0 spiro atoms. The lowest BCUT2D eigenvalue weighted by Crippen LogP contribution is -3.15. The number of ether oxygens (including phenoxy) is 1. The van der Waals surface area contributed by atoms with Gasteiger partial charge in [-0.25, -0.2) is 0 Å². The van der Waals surface area contributed by atoms with E-state index in [-0.39, 0.29) is 18.1 Å². The van der Waals surface area contributed by atoms with Crippen LogP contribution in [-0.2, 0) is 9.53 Å². The van der Waals surface area contributed by atoms with Crippen molar-refractivity contribution in [2.24, 2.45) is 0 Å². The second-order valence-corrected chi connectivity index (χ2v) is 6.37. The van der Waals surface area contributed by atoms with Crippen molar-refractivity contribution in [3.63, 3.8) is 0 Å². The molecule has 1 amide bonds. The standard InChI is InChI=1S/C15H20Cl2N2O2/c1-10-8-19(9-11(2)21-10)7-6-14(20)18-15-12(16)4-3-5-13(15)17/h3-5,10-11H,6-9H2,1-2H3,(H,18,20)/p+1. The summed E-state index contributed by atoms with van der Waals surface area (Å²) in [5.74, 6) is -0.0655. The number of carbonyl (C=O) groups excluding carboxylic acids is 1. The van der Waals surface area contributed by atoms with E-state index in [0.29, 0.717) is 22.2 Å². The molecule has 1 fully saturated rings. The van der Waals surface area contributed by atoms with Crippen molar-refractivity contribution in [2.75, 3.05) is 25.0 Å². The van der Waals surface area contributed by atoms with Crippen LogP contribution in [-0.4, -0.2) is 37.7 Å². The van der Waals surface area contributed by atoms with Crippen molar-refractivity contribution in [2.45, 2.75) is 32.5 Å². The Kier molecular flexibility index (Phi) is 5.88. The molecule has 2 atom stereocenters. The molecule has 1 aliphatic heterocycles. The average molecular weight is 332 g/mol. The van der Waals surface area contributed by atoms with Crippen molar-refractivity contribution < 1.29 is 14.4 Å². The van der Waals surface area contributed by atoms with Crippen LogP contribution in [0.25, 0.3) is 0 Å². The predicted molar refractivity (Wildman–Crippen MR) is 85.3 cm³/mol. The van der Waals surface area contributed by atoms with Crippen molar-refractivity contribution in [1.29, 1.82) is 0 Å². The second kappa shape index (κ2) is 7.45. The fraction of sp³-hybridized carbons (Fsp3) is 0.533. The van der Waals surface area contributed by atoms with E-state index in [9.17, 15) is 4.79 Å². The quantitative estimate of drug-likeness (QED) is 0.886. The van der Waals surface area contributed by atoms with E-state index in [1.165, 1.54) is 4.90 Å². The molecule has 6 heteroatoms. The van der Waals surface area contributed by atoms with Gasteiger partial charge in [-0.05, 0) is 26.0 Å². The molecule has 1 aromatic carbocycles. The van der Waals surface area contributed by atoms with E-state index in [1.54, 1.807) is 18.2 Å². The monoisotopic (exact) mass is 331 g/mol. The van der Waals surface area contributed by atoms with Gasteiger partial charge < -0.3 is 15.0 Å². The van der Waals surface area contributed by atoms with Crippen LogP contribution in [0.5, 0.6) is 0 Å². The minimum atomic E-state index is -0.0655. The zero-order valence-electron chi connectivity index (χ0n) is 12.3. The number of carbonyl (C=O) groups is 1. The van der Waals surface area contributed by atoms with Crippen LogP contribution >= 0.6 is 23.2 Å². The molecule has 21 heavy (non-hydrogen) atoms. The summed E-state index contributed by atoms with van der Waals surface area (Å²) >= 11 is 12.1. The van der Waals surface area contributed by atoms with Gasteiger partial charge in [0.2, 0.25) is 5.91 Å². The van der Waals surface area contributed by atoms with Crippen LogP contribution in [0.2, 0.25) is 10.0 Å². The lowest BCUT2D eigenvalue weighted by molar-refractivity contribution is -0.914. The zero-order valence-corrected chi connectivity index (χ0v) is 13.8. The number of nitrogens with one attached hydrogen (secondary N) is 2. The number of rotatable bonds is 4. The van der Waals surface area contributed by atoms with Crippen molar-refractivity contribution in [3.05, 3.63) is 28.2 Å². The Bertz CT molecular complexity index is 480. The SMILES string of the molecule is CC1C[NH+](CCC(=O)Nc2c(Cl)cccc2Cl)CC(C)O1. The van der Waals surface area contributed by atoms with E-state index in [4.69, 9.17) is 27.9 Å². The molecule has 116 valence electrons. The average Bonchev–Trinajstić information content (AvgIpc) is 2.40. The fourth-order valence-electron chi connectivity index (χ4n) is 2.70. The van der Waals surface area contributed by atoms with Crippen LogP contribution in [0, 0.1) is 0 Å². The molecule has 0 saturated carbocycles. The molecular weight excluding hydrogens is 311 g/mol. The Morgan fingerprint density at radius 2 is 1.86 bits per heavy atom. The Hall–Kier alpha value is -0.810. The molecule has 1 heterocycles. The van der Waals surface area contributed by atoms with Crippen molar-refractivity contribution in [3.8, 4) is 0 Å². The summed E-state index contributed by atoms with van der Waals surface area (Å²) in [4.78, 5) is 13.4. The number of hydrogen-bond donors (Lipinski definition) is 2. The maximum Gasteiger partial charge on any atom is 0.230 e. The van der Waals surface area contributed by atoms with Gasteiger partial charge in [-0.3, -0.25) is 4.79 Å². The first kappa shape index (κ1) is 16.6. The van der Waals surface area contributed by atoms with Gasteiger partial charge in [0.15, 0.2) is 0 Å². The summed E-state index contributed by atoms with van der Waals surface area (Å²) in [5, 5.41) is 3.70. The van der Waals surface area contributed by atoms with Gasteiger partial charge in [0, 0.05) is 0 Å². The normalized spacial score (nSPS) is 25.6. The summed E-state index contributed by atoms with van der Waals surface area (Å²) in [6.45, 7) is 6.79. The van der Waals surface area contributed by atoms with Gasteiger partial charge in [-0.1, -0.05) is 29.3 Å². The second-order valence-electron chi connectivity index (χ2n) is 5.56. The number of anilines is 1. The number of benzene rings is 1. The Labute approximate surface area is 135 Å². The topological polar surface area (TPSA) is 42.8 Å². The molecule has 0 aliphatic carbocycles. The summed E-state index contributed by atoms with van der Waals surface area (Å²) < 4.78 is 5.69. The van der Waals surface area contributed by atoms with Crippen LogP contribution in [0.3, 0.4) is 0 Å². The van der Waals surface area contributed by atoms with Gasteiger partial charge in [0.25, 0.3) is 0 Å². The van der Waals surface area contributed by atoms with Gasteiger partial charge in [-0.2, -0.15) is 0 Å². The number of hydrogen-bond acceptors (Lipinski definition) is 2. The molecule has 0 bridgehead atoms. The van der Waals surface area contributed by atoms with E-state index in [0.717, 1.165) is 19.6 Å². The maximum atomic E-state index is 12.0. The van der Waals surface area contributed by atoms with Gasteiger partial charge in [-0.15, -0.1) is 0 Å². The van der Waals surface area contributed by atoms with E-state index in [1.807, 2.05) is 0 Å². The highest BCUT2D eigenvalue weighted by Gasteiger charge is 2.25. The summed E-state index contributed by atoms with van der Waals surface area (Å²) in [6.07, 6.45) is 0.922. The maximum absolute atomic E-state index is 12.0. The molecule has 1 aliphatic rings. The fourth-order valence-corrected chi connectivity index (χ4v) is 3.19. The number of para-hydroxylation sites is 1. The largest absolute Gasteiger partial charge is 0.364 e. The van der Waals surface area contributed by atoms with Crippen LogP contribution < -0.4 is 10.2 Å². The summed E-state index contributed by atoms with van der Waals surface area (Å²) in [5.41, 5.74) is 0.490. The Balaban J connectivity index is 1.85. The lowest BCUT2D eigenvalue weighted by atomic mass is 10.2. The molecule has 2 rings (SSSR count). The smallest absolute Gasteiger partial charge is 0.230 e. The zero-order chi connectivity index (χ0) is 15.4. The minimum Gasteiger partial charge on any atom is -0.364 e. The van der Waals surface area contributed by atoms with Crippen LogP contribution in [0.1, 0.15) is 20.3 Å². The number of amides is 1. The first-order valence-electron chi connectivity index (χ1n) is 7.18. The third-order valence-electron chi connectivity index (χ3n) is 3.55. The first-order chi connectivity index (χ1) is 9.95. The molecular formula is C15H21Cl2N2O2+. The lowest BCUT2D eigenvalue weighted by Gasteiger charge is -2.32. The highest BCUT2D eigenvalue weighted by Crippen LogP contribution is 2.29. The first-order valence-corrected chi connectivity index (χ1v) is 7.94. The van der Waals surface area contributed by atoms with Crippen molar-refractivity contribution in [1.82, 2.24) is 0 Å². The van der Waals surface area contributed by atoms with Crippen molar-refractivity contribution >= 4 is 34.8 Å². The number of quaternary nitrogens is 1. The Morgan fingerprint density at radius 1 is 1.29 bits per heavy atom. The number of morpholine rings is 1. The molecule has 1 aromatic rings. The Morgan fingerprint density at radius 3 is 2.43 bits per heavy atom. The summed E-state index contributed by atoms with van der Waals surface area (Å²) in [6, 6.07) is 5.17. The van der Waals surface area contributed by atoms with E-state index in [2.05, 4.69) is 19.2 Å². The third kappa shape index (κ3) is 4.85. The van der Waals surface area contributed by atoms with Gasteiger partial charge in [0.1, 0.15) is 25.3 Å². The highest BCUT2D eigenvalue weighted by atomic mass is 35.5. The minimum absolute atomic E-state index is 0.0655. The molecule has 0 radical (unpaired) electrons. The number of halogens is 2. The van der Waals surface area contributed by atoms with Crippen LogP contribution in [0.4, 0.5) is 5.69 Å². The van der Waals surface area contributed by atoms with E-state index >= 15 is 0 Å². The third-order valence-corrected chi connectivity index (χ3v) is 4.18. The molecule has 2 N–H and O–H groups in total. The van der Waals surface area contributed by atoms with Gasteiger partial charge >= 0.3 is 0 Å². The van der Waals surface area contributed by atoms with Gasteiger partial charge in [0.05, 0.1) is 28.7 Å². The predicted octanol–water partition coefficient (Wildman–Crippen LogP) is 2.01. The molecule has 0 aromatic heterocycles. The van der Waals surface area contributed by atoms with E-state index < -0.39 is 0 Å². The highest BCUT2D eigenvalue weighted by molar-refractivity contribution is 6.39. The summed E-state index contributed by atoms with van der Waals surface area (Å²) in [7, 11) is 0. The molecule has 4 nitrogen and oxygen atoms in total. The molecule has 1 saturated heterocycles. The molecule has 2 unspecified atom stereocenters. The van der Waals surface area contributed by atoms with Crippen LogP contribution in [0.15, 0.2) is 18.2 Å².